The van der Waals surface area contributed by atoms with Crippen molar-refractivity contribution in [2.75, 3.05) is 19.8 Å². The third-order valence-corrected chi connectivity index (χ3v) is 6.91. The van der Waals surface area contributed by atoms with Crippen molar-refractivity contribution < 1.29 is 31.2 Å². The van der Waals surface area contributed by atoms with E-state index in [1.54, 1.807) is 0 Å². The molecule has 2 amide bonds. The van der Waals surface area contributed by atoms with Crippen molar-refractivity contribution in [1.29, 1.82) is 0 Å². The van der Waals surface area contributed by atoms with Crippen LogP contribution in [0.5, 0.6) is 0 Å². The highest BCUT2D eigenvalue weighted by atomic mass is 35.5. The Morgan fingerprint density at radius 3 is 2.23 bits per heavy atom. The highest BCUT2D eigenvalue weighted by molar-refractivity contribution is 8.00. The first-order chi connectivity index (χ1) is 13.8. The van der Waals surface area contributed by atoms with Gasteiger partial charge in [0.25, 0.3) is 5.91 Å². The molecule has 2 aromatic carbocycles. The molecule has 12 heteroatoms. The van der Waals surface area contributed by atoms with Gasteiger partial charge in [0.2, 0.25) is 15.9 Å². The molecule has 1 N–H and O–H groups in total. The molecule has 0 radical (unpaired) electrons. The fourth-order valence-corrected chi connectivity index (χ4v) is 4.05. The van der Waals surface area contributed by atoms with Gasteiger partial charge in [0.15, 0.2) is 0 Å². The van der Waals surface area contributed by atoms with Crippen LogP contribution in [-0.2, 0) is 21.0 Å². The van der Waals surface area contributed by atoms with Crippen LogP contribution in [-0.4, -0.2) is 44.4 Å². The predicted octanol–water partition coefficient (Wildman–Crippen LogP) is 3.66. The number of carbonyl (C=O) groups is 2. The lowest BCUT2D eigenvalue weighted by Crippen LogP contribution is -2.31. The van der Waals surface area contributed by atoms with Crippen molar-refractivity contribution in [2.45, 2.75) is 16.0 Å². The molecule has 0 unspecified atom stereocenters. The minimum Gasteiger partial charge on any atom is -0.292 e. The number of carbonyl (C=O) groups excluding carboxylic acids is 2. The minimum absolute atomic E-state index is 0.0193. The minimum atomic E-state index is -4.63. The SMILES string of the molecule is CN(C)S(=O)(=O)c1ccc(C(=O)NC(=O)CSc2ccc(Cl)c(C(F)(F)F)c2)cc1. The van der Waals surface area contributed by atoms with E-state index in [0.29, 0.717) is 0 Å². The summed E-state index contributed by atoms with van der Waals surface area (Å²) in [6.07, 6.45) is -4.63. The first kappa shape index (κ1) is 24.2. The van der Waals surface area contributed by atoms with Crippen molar-refractivity contribution in [3.8, 4) is 0 Å². The second kappa shape index (κ2) is 9.38. The number of thioether (sulfide) groups is 1. The van der Waals surface area contributed by atoms with E-state index in [1.165, 1.54) is 44.4 Å². The Bertz CT molecular complexity index is 1060. The predicted molar refractivity (Wildman–Crippen MR) is 107 cm³/mol. The fraction of sp³-hybridized carbons (Fsp3) is 0.222. The van der Waals surface area contributed by atoms with E-state index < -0.39 is 38.6 Å². The van der Waals surface area contributed by atoms with Crippen LogP contribution in [0.3, 0.4) is 0 Å². The molecule has 0 aromatic heterocycles. The normalized spacial score (nSPS) is 12.1. The van der Waals surface area contributed by atoms with Crippen molar-refractivity contribution in [1.82, 2.24) is 9.62 Å². The second-order valence-corrected chi connectivity index (χ2v) is 9.72. The van der Waals surface area contributed by atoms with E-state index in [9.17, 15) is 31.2 Å². The molecule has 2 aromatic rings. The Morgan fingerprint density at radius 2 is 1.70 bits per heavy atom. The van der Waals surface area contributed by atoms with Gasteiger partial charge in [0.1, 0.15) is 0 Å². The summed E-state index contributed by atoms with van der Waals surface area (Å²) >= 11 is 6.35. The highest BCUT2D eigenvalue weighted by Gasteiger charge is 2.33. The number of halogens is 4. The van der Waals surface area contributed by atoms with Crippen LogP contribution in [0.4, 0.5) is 13.2 Å². The lowest BCUT2D eigenvalue weighted by atomic mass is 10.2. The van der Waals surface area contributed by atoms with Gasteiger partial charge in [-0.25, -0.2) is 12.7 Å². The first-order valence-corrected chi connectivity index (χ1v) is 11.0. The number of rotatable bonds is 6. The summed E-state index contributed by atoms with van der Waals surface area (Å²) in [6.45, 7) is 0. The number of imide groups is 1. The molecule has 0 spiro atoms. The molecule has 0 saturated heterocycles. The van der Waals surface area contributed by atoms with Crippen molar-refractivity contribution >= 4 is 45.2 Å². The van der Waals surface area contributed by atoms with Gasteiger partial charge in [-0.3, -0.25) is 14.9 Å². The maximum atomic E-state index is 12.9. The van der Waals surface area contributed by atoms with Gasteiger partial charge in [0.05, 0.1) is 21.2 Å². The van der Waals surface area contributed by atoms with Crippen molar-refractivity contribution in [3.63, 3.8) is 0 Å². The van der Waals surface area contributed by atoms with E-state index in [4.69, 9.17) is 11.6 Å². The summed E-state index contributed by atoms with van der Waals surface area (Å²) in [5.74, 6) is -1.79. The number of hydrogen-bond donors (Lipinski definition) is 1. The molecule has 0 aliphatic rings. The third-order valence-electron chi connectivity index (χ3n) is 3.76. The Balaban J connectivity index is 2.00. The fourth-order valence-electron chi connectivity index (χ4n) is 2.18. The van der Waals surface area contributed by atoms with E-state index in [2.05, 4.69) is 5.32 Å². The number of benzene rings is 2. The molecule has 2 rings (SSSR count). The molecule has 30 heavy (non-hydrogen) atoms. The maximum Gasteiger partial charge on any atom is 0.417 e. The van der Waals surface area contributed by atoms with Crippen LogP contribution >= 0.6 is 23.4 Å². The average molecular weight is 481 g/mol. The molecule has 0 saturated carbocycles. The average Bonchev–Trinajstić information content (AvgIpc) is 2.66. The Kier molecular flexibility index (Phi) is 7.56. The quantitative estimate of drug-likeness (QED) is 0.638. The van der Waals surface area contributed by atoms with E-state index in [-0.39, 0.29) is 21.1 Å². The van der Waals surface area contributed by atoms with Gasteiger partial charge in [-0.05, 0) is 42.5 Å². The van der Waals surface area contributed by atoms with Gasteiger partial charge < -0.3 is 0 Å². The number of nitrogens with zero attached hydrogens (tertiary/aromatic N) is 1. The number of sulfonamides is 1. The van der Waals surface area contributed by atoms with Crippen LogP contribution < -0.4 is 5.32 Å². The van der Waals surface area contributed by atoms with E-state index in [1.807, 2.05) is 0 Å². The second-order valence-electron chi connectivity index (χ2n) is 6.12. The molecule has 0 atom stereocenters. The first-order valence-electron chi connectivity index (χ1n) is 8.18. The van der Waals surface area contributed by atoms with Crippen LogP contribution in [0, 0.1) is 0 Å². The molecular weight excluding hydrogens is 465 g/mol. The lowest BCUT2D eigenvalue weighted by Gasteiger charge is -2.12. The number of hydrogen-bond acceptors (Lipinski definition) is 5. The smallest absolute Gasteiger partial charge is 0.292 e. The summed E-state index contributed by atoms with van der Waals surface area (Å²) in [4.78, 5) is 24.2. The standard InChI is InChI=1S/C18H16ClF3N2O4S2/c1-24(2)30(27,28)13-6-3-11(4-7-13)17(26)23-16(25)10-29-12-5-8-15(19)14(9-12)18(20,21)22/h3-9H,10H2,1-2H3,(H,23,25,26). The van der Waals surface area contributed by atoms with Gasteiger partial charge in [0, 0.05) is 24.6 Å². The summed E-state index contributed by atoms with van der Waals surface area (Å²) < 4.78 is 63.7. The summed E-state index contributed by atoms with van der Waals surface area (Å²) in [7, 11) is -0.926. The molecule has 0 aliphatic carbocycles. The molecule has 0 heterocycles. The Morgan fingerprint density at radius 1 is 1.10 bits per heavy atom. The zero-order valence-electron chi connectivity index (χ0n) is 15.7. The topological polar surface area (TPSA) is 83.6 Å². The molecule has 0 bridgehead atoms. The summed E-state index contributed by atoms with van der Waals surface area (Å²) in [5.41, 5.74) is -0.963. The van der Waals surface area contributed by atoms with Crippen LogP contribution in [0.2, 0.25) is 5.02 Å². The number of alkyl halides is 3. The van der Waals surface area contributed by atoms with Crippen molar-refractivity contribution in [2.24, 2.45) is 0 Å². The van der Waals surface area contributed by atoms with E-state index >= 15 is 0 Å². The van der Waals surface area contributed by atoms with Gasteiger partial charge >= 0.3 is 6.18 Å². The summed E-state index contributed by atoms with van der Waals surface area (Å²) in [5, 5.41) is 1.64. The van der Waals surface area contributed by atoms with Gasteiger partial charge in [-0.2, -0.15) is 13.2 Å². The largest absolute Gasteiger partial charge is 0.417 e. The van der Waals surface area contributed by atoms with Crippen LogP contribution in [0.1, 0.15) is 15.9 Å². The molecule has 162 valence electrons. The molecule has 6 nitrogen and oxygen atoms in total. The van der Waals surface area contributed by atoms with Crippen LogP contribution in [0.15, 0.2) is 52.3 Å². The van der Waals surface area contributed by atoms with Gasteiger partial charge in [-0.15, -0.1) is 11.8 Å². The third kappa shape index (κ3) is 5.97. The molecule has 0 aliphatic heterocycles. The summed E-state index contributed by atoms with van der Waals surface area (Å²) in [6, 6.07) is 8.21. The maximum absolute atomic E-state index is 12.9. The number of nitrogens with one attached hydrogen (secondary N) is 1. The Hall–Kier alpha value is -2.08. The number of amides is 2. The lowest BCUT2D eigenvalue weighted by molar-refractivity contribution is -0.137. The van der Waals surface area contributed by atoms with Crippen LogP contribution in [0.25, 0.3) is 0 Å². The zero-order chi connectivity index (χ0) is 22.7. The van der Waals surface area contributed by atoms with Crippen molar-refractivity contribution in [3.05, 3.63) is 58.6 Å². The monoisotopic (exact) mass is 480 g/mol. The van der Waals surface area contributed by atoms with Gasteiger partial charge in [-0.1, -0.05) is 11.6 Å². The Labute approximate surface area is 180 Å². The molecular formula is C18H16ClF3N2O4S2. The highest BCUT2D eigenvalue weighted by Crippen LogP contribution is 2.36. The van der Waals surface area contributed by atoms with E-state index in [0.717, 1.165) is 28.2 Å². The zero-order valence-corrected chi connectivity index (χ0v) is 18.0. The molecule has 0 fully saturated rings.